The Hall–Kier alpha value is -1.62. The molecule has 0 radical (unpaired) electrons. The van der Waals surface area contributed by atoms with Gasteiger partial charge >= 0.3 is 0 Å². The summed E-state index contributed by atoms with van der Waals surface area (Å²) in [5.74, 6) is 3.05. The first-order chi connectivity index (χ1) is 4.86. The third kappa shape index (κ3) is 1.20. The van der Waals surface area contributed by atoms with Crippen LogP contribution in [-0.4, -0.2) is 11.7 Å². The topological polar surface area (TPSA) is 25.2 Å². The Bertz CT molecular complexity index is 266. The normalized spacial score (nSPS) is 8.30. The molecule has 2 heteroatoms. The van der Waals surface area contributed by atoms with Gasteiger partial charge in [-0.05, 0) is 18.9 Å². The van der Waals surface area contributed by atoms with Crippen LogP contribution in [0, 0.1) is 12.3 Å². The van der Waals surface area contributed by atoms with E-state index in [4.69, 9.17) is 6.42 Å². The largest absolute Gasteiger partial charge is 0.245 e. The standard InChI is InChI=1S/C8H6N2/c1-3-7-4-5-8(9-2)10-6-7/h1,4-6H,2H2. The van der Waals surface area contributed by atoms with E-state index >= 15 is 0 Å². The Kier molecular flexibility index (Phi) is 1.81. The van der Waals surface area contributed by atoms with E-state index in [1.165, 1.54) is 0 Å². The molecule has 0 saturated heterocycles. The SMILES string of the molecule is C#Cc1ccc(N=C)nc1. The van der Waals surface area contributed by atoms with Crippen LogP contribution in [0.15, 0.2) is 23.3 Å². The van der Waals surface area contributed by atoms with Crippen LogP contribution in [0.3, 0.4) is 0 Å². The molecule has 0 aromatic carbocycles. The summed E-state index contributed by atoms with van der Waals surface area (Å²) in [5.41, 5.74) is 0.757. The average molecular weight is 130 g/mol. The van der Waals surface area contributed by atoms with Gasteiger partial charge in [0.1, 0.15) is 0 Å². The summed E-state index contributed by atoms with van der Waals surface area (Å²) in [6.07, 6.45) is 6.69. The molecule has 1 aromatic heterocycles. The predicted octanol–water partition coefficient (Wildman–Crippen LogP) is 1.39. The Labute approximate surface area is 59.6 Å². The molecule has 0 aliphatic carbocycles. The molecule has 1 rings (SSSR count). The van der Waals surface area contributed by atoms with E-state index in [9.17, 15) is 0 Å². The Balaban J connectivity index is 3.04. The molecule has 10 heavy (non-hydrogen) atoms. The van der Waals surface area contributed by atoms with Gasteiger partial charge in [-0.1, -0.05) is 5.92 Å². The van der Waals surface area contributed by atoms with Crippen LogP contribution >= 0.6 is 0 Å². The van der Waals surface area contributed by atoms with Crippen molar-refractivity contribution in [2.75, 3.05) is 0 Å². The van der Waals surface area contributed by atoms with Crippen molar-refractivity contribution < 1.29 is 0 Å². The highest BCUT2D eigenvalue weighted by molar-refractivity contribution is 5.42. The lowest BCUT2D eigenvalue weighted by molar-refractivity contribution is 1.27. The zero-order chi connectivity index (χ0) is 7.40. The molecule has 0 atom stereocenters. The van der Waals surface area contributed by atoms with Crippen molar-refractivity contribution in [3.63, 3.8) is 0 Å². The fraction of sp³-hybridized carbons (Fsp3) is 0. The zero-order valence-electron chi connectivity index (χ0n) is 5.41. The van der Waals surface area contributed by atoms with Gasteiger partial charge in [-0.3, -0.25) is 0 Å². The van der Waals surface area contributed by atoms with E-state index in [1.54, 1.807) is 18.3 Å². The minimum absolute atomic E-state index is 0.596. The second kappa shape index (κ2) is 2.79. The summed E-state index contributed by atoms with van der Waals surface area (Å²) >= 11 is 0. The molecular formula is C8H6N2. The number of terminal acetylenes is 1. The number of nitrogens with zero attached hydrogens (tertiary/aromatic N) is 2. The summed E-state index contributed by atoms with van der Waals surface area (Å²) in [5, 5.41) is 0. The predicted molar refractivity (Wildman–Crippen MR) is 41.4 cm³/mol. The highest BCUT2D eigenvalue weighted by atomic mass is 14.9. The number of hydrogen-bond acceptors (Lipinski definition) is 2. The molecule has 48 valence electrons. The molecule has 2 nitrogen and oxygen atoms in total. The van der Waals surface area contributed by atoms with E-state index in [0.29, 0.717) is 5.82 Å². The second-order valence-corrected chi connectivity index (χ2v) is 1.71. The Morgan fingerprint density at radius 1 is 1.60 bits per heavy atom. The molecule has 1 heterocycles. The minimum atomic E-state index is 0.596. The van der Waals surface area contributed by atoms with Crippen LogP contribution in [0.1, 0.15) is 5.56 Å². The minimum Gasteiger partial charge on any atom is -0.245 e. The van der Waals surface area contributed by atoms with Crippen LogP contribution in [0.5, 0.6) is 0 Å². The maximum atomic E-state index is 5.11. The summed E-state index contributed by atoms with van der Waals surface area (Å²) in [7, 11) is 0. The number of aliphatic imine (C=N–C) groups is 1. The lowest BCUT2D eigenvalue weighted by Gasteiger charge is -1.89. The van der Waals surface area contributed by atoms with E-state index < -0.39 is 0 Å². The van der Waals surface area contributed by atoms with Gasteiger partial charge in [0.25, 0.3) is 0 Å². The molecule has 0 saturated carbocycles. The lowest BCUT2D eigenvalue weighted by atomic mass is 10.3. The van der Waals surface area contributed by atoms with Gasteiger partial charge in [0.05, 0.1) is 0 Å². The Morgan fingerprint density at radius 3 is 2.80 bits per heavy atom. The second-order valence-electron chi connectivity index (χ2n) is 1.71. The number of pyridine rings is 1. The van der Waals surface area contributed by atoms with E-state index in [-0.39, 0.29) is 0 Å². The van der Waals surface area contributed by atoms with Crippen molar-refractivity contribution in [2.45, 2.75) is 0 Å². The molecule has 0 N–H and O–H groups in total. The lowest BCUT2D eigenvalue weighted by Crippen LogP contribution is -1.75. The number of hydrogen-bond donors (Lipinski definition) is 0. The smallest absolute Gasteiger partial charge is 0.151 e. The summed E-state index contributed by atoms with van der Waals surface area (Å²) in [4.78, 5) is 7.51. The van der Waals surface area contributed by atoms with Gasteiger partial charge in [0.15, 0.2) is 5.82 Å². The molecule has 0 aliphatic rings. The highest BCUT2D eigenvalue weighted by Gasteiger charge is 1.87. The summed E-state index contributed by atoms with van der Waals surface area (Å²) < 4.78 is 0. The van der Waals surface area contributed by atoms with Gasteiger partial charge in [-0.2, -0.15) is 0 Å². The average Bonchev–Trinajstić information content (AvgIpc) is 2.05. The van der Waals surface area contributed by atoms with Gasteiger partial charge in [0, 0.05) is 11.8 Å². The monoisotopic (exact) mass is 130 g/mol. The molecule has 0 bridgehead atoms. The zero-order valence-corrected chi connectivity index (χ0v) is 5.41. The number of rotatable bonds is 1. The van der Waals surface area contributed by atoms with Crippen molar-refractivity contribution in [2.24, 2.45) is 4.99 Å². The fourth-order valence-corrected chi connectivity index (χ4v) is 0.565. The van der Waals surface area contributed by atoms with E-state index in [1.807, 2.05) is 0 Å². The molecule has 0 unspecified atom stereocenters. The quantitative estimate of drug-likeness (QED) is 0.416. The van der Waals surface area contributed by atoms with Gasteiger partial charge < -0.3 is 0 Å². The highest BCUT2D eigenvalue weighted by Crippen LogP contribution is 2.05. The Morgan fingerprint density at radius 2 is 2.40 bits per heavy atom. The van der Waals surface area contributed by atoms with Gasteiger partial charge in [-0.15, -0.1) is 6.42 Å². The molecule has 0 fully saturated rings. The first kappa shape index (κ1) is 6.50. The van der Waals surface area contributed by atoms with Crippen molar-refractivity contribution in [1.82, 2.24) is 4.98 Å². The van der Waals surface area contributed by atoms with Crippen molar-refractivity contribution in [1.29, 1.82) is 0 Å². The first-order valence-electron chi connectivity index (χ1n) is 2.76. The van der Waals surface area contributed by atoms with Crippen LogP contribution in [-0.2, 0) is 0 Å². The molecule has 0 amide bonds. The maximum Gasteiger partial charge on any atom is 0.151 e. The van der Waals surface area contributed by atoms with E-state index in [0.717, 1.165) is 5.56 Å². The summed E-state index contributed by atoms with van der Waals surface area (Å²) in [6, 6.07) is 3.50. The van der Waals surface area contributed by atoms with Crippen molar-refractivity contribution >= 4 is 12.5 Å². The molecule has 0 spiro atoms. The number of aromatic nitrogens is 1. The first-order valence-corrected chi connectivity index (χ1v) is 2.76. The molecule has 1 aromatic rings. The third-order valence-corrected chi connectivity index (χ3v) is 1.08. The van der Waals surface area contributed by atoms with E-state index in [2.05, 4.69) is 22.6 Å². The molecular weight excluding hydrogens is 124 g/mol. The van der Waals surface area contributed by atoms with Gasteiger partial charge in [0.2, 0.25) is 0 Å². The van der Waals surface area contributed by atoms with Crippen LogP contribution in [0.4, 0.5) is 5.82 Å². The van der Waals surface area contributed by atoms with Crippen molar-refractivity contribution in [3.8, 4) is 12.3 Å². The maximum absolute atomic E-state index is 5.11. The van der Waals surface area contributed by atoms with Crippen LogP contribution < -0.4 is 0 Å². The molecule has 0 aliphatic heterocycles. The van der Waals surface area contributed by atoms with Crippen molar-refractivity contribution in [3.05, 3.63) is 23.9 Å². The third-order valence-electron chi connectivity index (χ3n) is 1.08. The van der Waals surface area contributed by atoms with Gasteiger partial charge in [-0.25, -0.2) is 9.98 Å². The van der Waals surface area contributed by atoms with Crippen LogP contribution in [0.25, 0.3) is 0 Å². The fourth-order valence-electron chi connectivity index (χ4n) is 0.565. The van der Waals surface area contributed by atoms with Crippen LogP contribution in [0.2, 0.25) is 0 Å². The summed E-state index contributed by atoms with van der Waals surface area (Å²) in [6.45, 7) is 3.32.